The van der Waals surface area contributed by atoms with Crippen molar-refractivity contribution >= 4 is 27.9 Å². The quantitative estimate of drug-likeness (QED) is 0.328. The number of fused-ring (bicyclic) bond motifs is 1. The van der Waals surface area contributed by atoms with Crippen LogP contribution in [0.4, 0.5) is 10.1 Å². The molecular weight excluding hydrogens is 445 g/mol. The molecule has 0 N–H and O–H groups in total. The van der Waals surface area contributed by atoms with E-state index < -0.39 is 10.7 Å². The first-order valence-electron chi connectivity index (χ1n) is 10.5. The highest BCUT2D eigenvalue weighted by Gasteiger charge is 2.25. The van der Waals surface area contributed by atoms with Crippen LogP contribution in [0, 0.1) is 15.9 Å². The zero-order valence-electron chi connectivity index (χ0n) is 17.6. The number of amides is 1. The summed E-state index contributed by atoms with van der Waals surface area (Å²) in [5.74, 6) is -0.580. The largest absolute Gasteiger partial charge is 0.336 e. The van der Waals surface area contributed by atoms with Crippen LogP contribution in [0.2, 0.25) is 0 Å². The predicted octanol–water partition coefficient (Wildman–Crippen LogP) is 4.07. The van der Waals surface area contributed by atoms with Crippen LogP contribution in [0.3, 0.4) is 0 Å². The van der Waals surface area contributed by atoms with Gasteiger partial charge < -0.3 is 4.90 Å². The molecule has 8 nitrogen and oxygen atoms in total. The number of rotatable bonds is 5. The molecule has 33 heavy (non-hydrogen) atoms. The van der Waals surface area contributed by atoms with Gasteiger partial charge in [-0.25, -0.2) is 9.37 Å². The number of aromatic nitrogens is 2. The van der Waals surface area contributed by atoms with Crippen molar-refractivity contribution in [1.82, 2.24) is 19.2 Å². The number of nitro benzene ring substituents is 1. The standard InChI is InChI=1S/C23H20FN5O3S/c24-18-3-1-2-17(14-18)22(30)27-10-8-26(9-11-27)15-20-21(25-23-28(20)12-13-33-23)16-4-6-19(7-5-16)29(31)32/h1-7,12-14H,8-11,15H2. The number of nitrogens with zero attached hydrogens (tertiary/aromatic N) is 5. The Kier molecular flexibility index (Phi) is 5.61. The first kappa shape index (κ1) is 21.2. The Morgan fingerprint density at radius 1 is 1.12 bits per heavy atom. The molecule has 0 aliphatic carbocycles. The summed E-state index contributed by atoms with van der Waals surface area (Å²) in [5.41, 5.74) is 3.03. The molecule has 0 unspecified atom stereocenters. The number of piperazine rings is 1. The smallest absolute Gasteiger partial charge is 0.269 e. The van der Waals surface area contributed by atoms with E-state index in [0.29, 0.717) is 38.3 Å². The van der Waals surface area contributed by atoms with Crippen molar-refractivity contribution in [1.29, 1.82) is 0 Å². The van der Waals surface area contributed by atoms with Crippen molar-refractivity contribution in [3.63, 3.8) is 0 Å². The van der Waals surface area contributed by atoms with Gasteiger partial charge in [0, 0.05) is 67.6 Å². The minimum atomic E-state index is -0.418. The Labute approximate surface area is 192 Å². The van der Waals surface area contributed by atoms with E-state index in [-0.39, 0.29) is 11.6 Å². The Morgan fingerprint density at radius 3 is 2.58 bits per heavy atom. The number of imidazole rings is 1. The van der Waals surface area contributed by atoms with E-state index in [1.165, 1.54) is 35.6 Å². The van der Waals surface area contributed by atoms with E-state index in [1.54, 1.807) is 29.2 Å². The summed E-state index contributed by atoms with van der Waals surface area (Å²) in [6.45, 7) is 3.09. The third kappa shape index (κ3) is 4.22. The zero-order chi connectivity index (χ0) is 22.9. The molecule has 2 aromatic heterocycles. The van der Waals surface area contributed by atoms with Crippen molar-refractivity contribution in [3.8, 4) is 11.3 Å². The van der Waals surface area contributed by atoms with Crippen LogP contribution < -0.4 is 0 Å². The van der Waals surface area contributed by atoms with Gasteiger partial charge in [0.25, 0.3) is 11.6 Å². The van der Waals surface area contributed by atoms with E-state index in [4.69, 9.17) is 4.98 Å². The lowest BCUT2D eigenvalue weighted by Crippen LogP contribution is -2.48. The maximum absolute atomic E-state index is 13.5. The van der Waals surface area contributed by atoms with E-state index in [2.05, 4.69) is 4.90 Å². The zero-order valence-corrected chi connectivity index (χ0v) is 18.4. The van der Waals surface area contributed by atoms with Gasteiger partial charge in [-0.05, 0) is 30.3 Å². The van der Waals surface area contributed by atoms with E-state index >= 15 is 0 Å². The van der Waals surface area contributed by atoms with Gasteiger partial charge in [-0.3, -0.25) is 24.2 Å². The lowest BCUT2D eigenvalue weighted by Gasteiger charge is -2.34. The van der Waals surface area contributed by atoms with Crippen molar-refractivity contribution in [2.75, 3.05) is 26.2 Å². The summed E-state index contributed by atoms with van der Waals surface area (Å²) in [4.78, 5) is 32.9. The van der Waals surface area contributed by atoms with Crippen LogP contribution in [0.25, 0.3) is 16.2 Å². The minimum absolute atomic E-state index is 0.0420. The molecule has 0 radical (unpaired) electrons. The number of benzene rings is 2. The van der Waals surface area contributed by atoms with Gasteiger partial charge in [0.2, 0.25) is 0 Å². The van der Waals surface area contributed by atoms with Gasteiger partial charge in [0.05, 0.1) is 16.3 Å². The van der Waals surface area contributed by atoms with E-state index in [0.717, 1.165) is 21.9 Å². The summed E-state index contributed by atoms with van der Waals surface area (Å²) >= 11 is 1.53. The van der Waals surface area contributed by atoms with Crippen LogP contribution in [-0.4, -0.2) is 56.2 Å². The highest BCUT2D eigenvalue weighted by atomic mass is 32.1. The Hall–Kier alpha value is -3.63. The highest BCUT2D eigenvalue weighted by Crippen LogP contribution is 2.29. The molecule has 3 heterocycles. The number of carbonyl (C=O) groups excluding carboxylic acids is 1. The number of thiazole rings is 1. The SMILES string of the molecule is O=C(c1cccc(F)c1)N1CCN(Cc2c(-c3ccc([N+](=O)[O-])cc3)nc3sccn23)CC1. The molecule has 0 atom stereocenters. The van der Waals surface area contributed by atoms with E-state index in [1.807, 2.05) is 16.0 Å². The second-order valence-corrected chi connectivity index (χ2v) is 8.72. The molecule has 0 bridgehead atoms. The molecule has 0 saturated carbocycles. The van der Waals surface area contributed by atoms with Gasteiger partial charge >= 0.3 is 0 Å². The molecule has 2 aromatic carbocycles. The summed E-state index contributed by atoms with van der Waals surface area (Å²) in [7, 11) is 0. The van der Waals surface area contributed by atoms with Crippen LogP contribution in [-0.2, 0) is 6.54 Å². The normalized spacial score (nSPS) is 14.6. The second kappa shape index (κ2) is 8.72. The van der Waals surface area contributed by atoms with Crippen molar-refractivity contribution in [2.45, 2.75) is 6.54 Å². The minimum Gasteiger partial charge on any atom is -0.336 e. The summed E-state index contributed by atoms with van der Waals surface area (Å²) in [5, 5.41) is 13.0. The van der Waals surface area contributed by atoms with Crippen LogP contribution in [0.15, 0.2) is 60.1 Å². The Bertz CT molecular complexity index is 1330. The number of halogens is 1. The van der Waals surface area contributed by atoms with Gasteiger partial charge in [0.1, 0.15) is 5.82 Å². The maximum Gasteiger partial charge on any atom is 0.269 e. The Balaban J connectivity index is 1.33. The van der Waals surface area contributed by atoms with Gasteiger partial charge in [0.15, 0.2) is 4.96 Å². The van der Waals surface area contributed by atoms with Gasteiger partial charge in [-0.15, -0.1) is 11.3 Å². The molecule has 1 aliphatic rings. The summed E-state index contributed by atoms with van der Waals surface area (Å²) in [6.07, 6.45) is 1.97. The number of nitro groups is 1. The molecule has 1 aliphatic heterocycles. The molecule has 4 aromatic rings. The number of non-ortho nitro benzene ring substituents is 1. The van der Waals surface area contributed by atoms with E-state index in [9.17, 15) is 19.3 Å². The van der Waals surface area contributed by atoms with Crippen LogP contribution in [0.5, 0.6) is 0 Å². The molecule has 5 rings (SSSR count). The van der Waals surface area contributed by atoms with Gasteiger partial charge in [-0.2, -0.15) is 0 Å². The second-order valence-electron chi connectivity index (χ2n) is 7.85. The fraction of sp³-hybridized carbons (Fsp3) is 0.217. The van der Waals surface area contributed by atoms with Crippen LogP contribution >= 0.6 is 11.3 Å². The fourth-order valence-electron chi connectivity index (χ4n) is 4.08. The number of hydrogen-bond acceptors (Lipinski definition) is 6. The molecule has 1 saturated heterocycles. The average Bonchev–Trinajstić information content (AvgIpc) is 3.42. The molecule has 168 valence electrons. The molecular formula is C23H20FN5O3S. The molecule has 1 amide bonds. The maximum atomic E-state index is 13.5. The third-order valence-electron chi connectivity index (χ3n) is 5.82. The summed E-state index contributed by atoms with van der Waals surface area (Å²) in [6, 6.07) is 12.2. The molecule has 1 fully saturated rings. The molecule has 10 heteroatoms. The number of hydrogen-bond donors (Lipinski definition) is 0. The van der Waals surface area contributed by atoms with Crippen molar-refractivity contribution in [3.05, 3.63) is 87.3 Å². The van der Waals surface area contributed by atoms with Gasteiger partial charge in [-0.1, -0.05) is 6.07 Å². The lowest BCUT2D eigenvalue weighted by atomic mass is 10.1. The van der Waals surface area contributed by atoms with Crippen LogP contribution in [0.1, 0.15) is 16.1 Å². The lowest BCUT2D eigenvalue weighted by molar-refractivity contribution is -0.384. The monoisotopic (exact) mass is 465 g/mol. The highest BCUT2D eigenvalue weighted by molar-refractivity contribution is 7.15. The molecule has 0 spiro atoms. The first-order valence-corrected chi connectivity index (χ1v) is 11.3. The fourth-order valence-corrected chi connectivity index (χ4v) is 4.81. The Morgan fingerprint density at radius 2 is 1.88 bits per heavy atom. The number of carbonyl (C=O) groups is 1. The predicted molar refractivity (Wildman–Crippen MR) is 123 cm³/mol. The van der Waals surface area contributed by atoms with Crippen molar-refractivity contribution < 1.29 is 14.1 Å². The average molecular weight is 466 g/mol. The third-order valence-corrected chi connectivity index (χ3v) is 6.57. The first-order chi connectivity index (χ1) is 16.0. The van der Waals surface area contributed by atoms with Crippen molar-refractivity contribution in [2.24, 2.45) is 0 Å². The summed E-state index contributed by atoms with van der Waals surface area (Å²) < 4.78 is 15.5. The topological polar surface area (TPSA) is 84.0 Å².